The summed E-state index contributed by atoms with van der Waals surface area (Å²) in [4.78, 5) is 12.4. The van der Waals surface area contributed by atoms with Crippen LogP contribution in [0.15, 0.2) is 35.3 Å². The molecule has 2 fully saturated rings. The summed E-state index contributed by atoms with van der Waals surface area (Å²) in [6.45, 7) is 9.13. The van der Waals surface area contributed by atoms with E-state index in [9.17, 15) is 0 Å². The van der Waals surface area contributed by atoms with Crippen LogP contribution in [0, 0.1) is 0 Å². The number of hydrogen-bond acceptors (Lipinski definition) is 6. The largest absolute Gasteiger partial charge is 0.379 e. The van der Waals surface area contributed by atoms with Crippen molar-refractivity contribution < 1.29 is 9.47 Å². The highest BCUT2D eigenvalue weighted by molar-refractivity contribution is 5.98. The van der Waals surface area contributed by atoms with Gasteiger partial charge >= 0.3 is 0 Å². The number of amidine groups is 1. The lowest BCUT2D eigenvalue weighted by Crippen LogP contribution is -2.60. The van der Waals surface area contributed by atoms with Crippen molar-refractivity contribution in [2.45, 2.75) is 19.3 Å². The Hall–Kier alpha value is -1.47. The molecule has 1 aromatic carbocycles. The molecule has 0 saturated carbocycles. The second-order valence-corrected chi connectivity index (χ2v) is 6.51. The van der Waals surface area contributed by atoms with Gasteiger partial charge in [-0.25, -0.2) is 4.99 Å². The van der Waals surface area contributed by atoms with Crippen molar-refractivity contribution >= 4 is 11.5 Å². The summed E-state index contributed by atoms with van der Waals surface area (Å²) in [5, 5.41) is 0. The molecule has 0 unspecified atom stereocenters. The molecule has 6 nitrogen and oxygen atoms in total. The summed E-state index contributed by atoms with van der Waals surface area (Å²) in [5.41, 5.74) is 1.21. The molecule has 0 bridgehead atoms. The highest BCUT2D eigenvalue weighted by atomic mass is 16.5. The third-order valence-electron chi connectivity index (χ3n) is 5.07. The van der Waals surface area contributed by atoms with Crippen molar-refractivity contribution in [1.29, 1.82) is 0 Å². The molecule has 130 valence electrons. The maximum Gasteiger partial charge on any atom is 0.139 e. The standard InChI is InChI=1S/C18H26N4O2/c1-15-19-17(20-7-11-23-12-8-20)18(21-9-13-24-14-10-21)22(15)16-5-3-2-4-6-16/h2-6,17-18H,7-14H2,1H3/t17-,18-/m0/s1. The molecule has 3 aliphatic heterocycles. The zero-order chi connectivity index (χ0) is 16.4. The molecule has 6 heteroatoms. The summed E-state index contributed by atoms with van der Waals surface area (Å²) in [7, 11) is 0. The van der Waals surface area contributed by atoms with Gasteiger partial charge in [-0.1, -0.05) is 18.2 Å². The number of anilines is 1. The highest BCUT2D eigenvalue weighted by Crippen LogP contribution is 2.30. The number of para-hydroxylation sites is 1. The van der Waals surface area contributed by atoms with Gasteiger partial charge in [0.1, 0.15) is 18.2 Å². The Balaban J connectivity index is 1.65. The average Bonchev–Trinajstić information content (AvgIpc) is 3.01. The van der Waals surface area contributed by atoms with Crippen molar-refractivity contribution in [2.24, 2.45) is 4.99 Å². The van der Waals surface area contributed by atoms with E-state index in [4.69, 9.17) is 14.5 Å². The Labute approximate surface area is 143 Å². The van der Waals surface area contributed by atoms with Gasteiger partial charge in [-0.2, -0.15) is 0 Å². The fraction of sp³-hybridized carbons (Fsp3) is 0.611. The number of rotatable bonds is 3. The number of nitrogens with zero attached hydrogens (tertiary/aromatic N) is 4. The van der Waals surface area contributed by atoms with Gasteiger partial charge in [-0.15, -0.1) is 0 Å². The van der Waals surface area contributed by atoms with Crippen molar-refractivity contribution in [2.75, 3.05) is 57.5 Å². The lowest BCUT2D eigenvalue weighted by atomic mass is 10.2. The maximum atomic E-state index is 5.58. The second kappa shape index (κ2) is 7.19. The molecule has 4 rings (SSSR count). The average molecular weight is 330 g/mol. The van der Waals surface area contributed by atoms with Crippen LogP contribution in [-0.2, 0) is 9.47 Å². The number of morpholine rings is 2. The zero-order valence-corrected chi connectivity index (χ0v) is 14.3. The monoisotopic (exact) mass is 330 g/mol. The molecule has 0 N–H and O–H groups in total. The molecule has 0 aromatic heterocycles. The summed E-state index contributed by atoms with van der Waals surface area (Å²) in [6.07, 6.45) is 0.390. The highest BCUT2D eigenvalue weighted by Gasteiger charge is 2.42. The van der Waals surface area contributed by atoms with E-state index in [1.54, 1.807) is 0 Å². The van der Waals surface area contributed by atoms with E-state index >= 15 is 0 Å². The summed E-state index contributed by atoms with van der Waals surface area (Å²) in [5.74, 6) is 1.09. The minimum Gasteiger partial charge on any atom is -0.379 e. The molecule has 0 amide bonds. The van der Waals surface area contributed by atoms with Crippen LogP contribution in [0.5, 0.6) is 0 Å². The van der Waals surface area contributed by atoms with Crippen LogP contribution in [0.2, 0.25) is 0 Å². The van der Waals surface area contributed by atoms with Gasteiger partial charge in [0.2, 0.25) is 0 Å². The van der Waals surface area contributed by atoms with E-state index in [1.165, 1.54) is 5.69 Å². The van der Waals surface area contributed by atoms with Crippen LogP contribution in [-0.4, -0.2) is 80.6 Å². The van der Waals surface area contributed by atoms with Crippen LogP contribution >= 0.6 is 0 Å². The number of benzene rings is 1. The molecule has 0 spiro atoms. The molecule has 3 heterocycles. The predicted octanol–water partition coefficient (Wildman–Crippen LogP) is 1.24. The van der Waals surface area contributed by atoms with Gasteiger partial charge in [-0.3, -0.25) is 9.80 Å². The third-order valence-corrected chi connectivity index (χ3v) is 5.07. The van der Waals surface area contributed by atoms with Crippen molar-refractivity contribution in [1.82, 2.24) is 9.80 Å². The lowest BCUT2D eigenvalue weighted by molar-refractivity contribution is -0.0273. The Morgan fingerprint density at radius 1 is 0.875 bits per heavy atom. The first-order valence-electron chi connectivity index (χ1n) is 8.87. The molecule has 24 heavy (non-hydrogen) atoms. The van der Waals surface area contributed by atoms with Gasteiger partial charge in [-0.05, 0) is 19.1 Å². The van der Waals surface area contributed by atoms with E-state index in [0.717, 1.165) is 58.4 Å². The van der Waals surface area contributed by atoms with E-state index in [0.29, 0.717) is 0 Å². The van der Waals surface area contributed by atoms with Crippen molar-refractivity contribution in [3.05, 3.63) is 30.3 Å². The Kier molecular flexibility index (Phi) is 4.80. The fourth-order valence-corrected chi connectivity index (χ4v) is 3.88. The molecule has 3 aliphatic rings. The minimum absolute atomic E-state index is 0.159. The Morgan fingerprint density at radius 3 is 2.08 bits per heavy atom. The van der Waals surface area contributed by atoms with Gasteiger partial charge < -0.3 is 14.4 Å². The quantitative estimate of drug-likeness (QED) is 0.834. The van der Waals surface area contributed by atoms with E-state index in [2.05, 4.69) is 52.0 Å². The third kappa shape index (κ3) is 3.07. The number of aliphatic imine (C=N–C) groups is 1. The molecule has 0 radical (unpaired) electrons. The Morgan fingerprint density at radius 2 is 1.46 bits per heavy atom. The van der Waals surface area contributed by atoms with Gasteiger partial charge in [0, 0.05) is 31.9 Å². The maximum absolute atomic E-state index is 5.58. The SMILES string of the molecule is CC1=N[C@@H](N2CCOCC2)[C@@H](N2CCOCC2)N1c1ccccc1. The van der Waals surface area contributed by atoms with Crippen molar-refractivity contribution in [3.63, 3.8) is 0 Å². The van der Waals surface area contributed by atoms with Crippen LogP contribution in [0.25, 0.3) is 0 Å². The van der Waals surface area contributed by atoms with Crippen LogP contribution < -0.4 is 4.90 Å². The van der Waals surface area contributed by atoms with Crippen LogP contribution in [0.1, 0.15) is 6.92 Å². The van der Waals surface area contributed by atoms with E-state index in [-0.39, 0.29) is 12.3 Å². The molecular weight excluding hydrogens is 304 g/mol. The van der Waals surface area contributed by atoms with Gasteiger partial charge in [0.05, 0.1) is 26.4 Å². The predicted molar refractivity (Wildman–Crippen MR) is 94.4 cm³/mol. The lowest BCUT2D eigenvalue weighted by Gasteiger charge is -2.43. The smallest absolute Gasteiger partial charge is 0.139 e. The summed E-state index contributed by atoms with van der Waals surface area (Å²) >= 11 is 0. The minimum atomic E-state index is 0.159. The first-order chi connectivity index (χ1) is 11.8. The zero-order valence-electron chi connectivity index (χ0n) is 14.3. The molecule has 1 aromatic rings. The van der Waals surface area contributed by atoms with E-state index in [1.807, 2.05) is 0 Å². The fourth-order valence-electron chi connectivity index (χ4n) is 3.88. The van der Waals surface area contributed by atoms with E-state index < -0.39 is 0 Å². The summed E-state index contributed by atoms with van der Waals surface area (Å²) in [6, 6.07) is 10.6. The normalized spacial score (nSPS) is 29.7. The first-order valence-corrected chi connectivity index (χ1v) is 8.87. The molecule has 2 saturated heterocycles. The summed E-state index contributed by atoms with van der Waals surface area (Å²) < 4.78 is 11.1. The van der Waals surface area contributed by atoms with Gasteiger partial charge in [0.15, 0.2) is 0 Å². The van der Waals surface area contributed by atoms with Gasteiger partial charge in [0.25, 0.3) is 0 Å². The molecule has 0 aliphatic carbocycles. The van der Waals surface area contributed by atoms with Crippen LogP contribution in [0.4, 0.5) is 5.69 Å². The molecule has 2 atom stereocenters. The number of hydrogen-bond donors (Lipinski definition) is 0. The second-order valence-electron chi connectivity index (χ2n) is 6.51. The first kappa shape index (κ1) is 16.0. The Bertz CT molecular complexity index is 568. The molecular formula is C18H26N4O2. The topological polar surface area (TPSA) is 40.5 Å². The van der Waals surface area contributed by atoms with Crippen molar-refractivity contribution in [3.8, 4) is 0 Å². The van der Waals surface area contributed by atoms with Crippen LogP contribution in [0.3, 0.4) is 0 Å². The number of ether oxygens (including phenoxy) is 2.